The number of benzene rings is 2. The molecule has 22 heavy (non-hydrogen) atoms. The summed E-state index contributed by atoms with van der Waals surface area (Å²) in [5.41, 5.74) is 7.26. The Morgan fingerprint density at radius 3 is 2.55 bits per heavy atom. The molecule has 0 radical (unpaired) electrons. The van der Waals surface area contributed by atoms with Crippen LogP contribution in [0.3, 0.4) is 0 Å². The van der Waals surface area contributed by atoms with Crippen LogP contribution in [0.25, 0.3) is 16.9 Å². The van der Waals surface area contributed by atoms with Crippen LogP contribution in [0.5, 0.6) is 0 Å². The first-order valence-corrected chi connectivity index (χ1v) is 7.72. The van der Waals surface area contributed by atoms with Crippen molar-refractivity contribution in [2.45, 2.75) is 20.3 Å². The fraction of sp³-hybridized carbons (Fsp3) is 0.211. The van der Waals surface area contributed by atoms with Crippen molar-refractivity contribution in [3.63, 3.8) is 0 Å². The molecule has 110 valence electrons. The topological polar surface area (TPSA) is 29.9 Å². The quantitative estimate of drug-likeness (QED) is 0.769. The zero-order valence-corrected chi connectivity index (χ0v) is 12.9. The van der Waals surface area contributed by atoms with Gasteiger partial charge in [-0.2, -0.15) is 5.10 Å². The Morgan fingerprint density at radius 1 is 1.00 bits per heavy atom. The van der Waals surface area contributed by atoms with Crippen molar-refractivity contribution in [3.05, 3.63) is 65.2 Å². The van der Waals surface area contributed by atoms with Gasteiger partial charge in [0.05, 0.1) is 11.4 Å². The highest BCUT2D eigenvalue weighted by Gasteiger charge is 2.23. The highest BCUT2D eigenvalue weighted by atomic mass is 15.3. The highest BCUT2D eigenvalue weighted by Crippen LogP contribution is 2.34. The number of hydrogen-bond donors (Lipinski definition) is 1. The van der Waals surface area contributed by atoms with E-state index in [1.807, 2.05) is 4.68 Å². The van der Waals surface area contributed by atoms with E-state index in [1.54, 1.807) is 0 Å². The molecular weight excluding hydrogens is 270 g/mol. The first kappa shape index (κ1) is 13.1. The molecule has 0 bridgehead atoms. The number of rotatable bonds is 2. The van der Waals surface area contributed by atoms with Crippen LogP contribution in [-0.4, -0.2) is 16.3 Å². The van der Waals surface area contributed by atoms with Crippen molar-refractivity contribution in [1.82, 2.24) is 9.78 Å². The zero-order chi connectivity index (χ0) is 15.1. The van der Waals surface area contributed by atoms with Gasteiger partial charge in [0.25, 0.3) is 0 Å². The lowest BCUT2D eigenvalue weighted by Gasteiger charge is -2.07. The molecule has 1 aromatic heterocycles. The van der Waals surface area contributed by atoms with Gasteiger partial charge in [-0.05, 0) is 44.0 Å². The van der Waals surface area contributed by atoms with E-state index < -0.39 is 0 Å². The van der Waals surface area contributed by atoms with Gasteiger partial charge in [0, 0.05) is 17.7 Å². The molecule has 0 aliphatic carbocycles. The third kappa shape index (κ3) is 2.10. The van der Waals surface area contributed by atoms with E-state index in [2.05, 4.69) is 67.7 Å². The molecule has 3 aromatic rings. The number of hydrogen-bond acceptors (Lipinski definition) is 2. The van der Waals surface area contributed by atoms with Gasteiger partial charge in [-0.15, -0.1) is 0 Å². The third-order valence-corrected chi connectivity index (χ3v) is 4.19. The van der Waals surface area contributed by atoms with Gasteiger partial charge in [-0.1, -0.05) is 35.9 Å². The number of aryl methyl sites for hydroxylation is 2. The number of anilines is 1. The van der Waals surface area contributed by atoms with Crippen LogP contribution < -0.4 is 5.32 Å². The van der Waals surface area contributed by atoms with Crippen LogP contribution in [0, 0.1) is 13.8 Å². The molecule has 4 rings (SSSR count). The average Bonchev–Trinajstić information content (AvgIpc) is 3.09. The minimum Gasteiger partial charge on any atom is -0.369 e. The Kier molecular flexibility index (Phi) is 3.00. The van der Waals surface area contributed by atoms with Gasteiger partial charge in [0.2, 0.25) is 0 Å². The van der Waals surface area contributed by atoms with Crippen molar-refractivity contribution in [2.75, 3.05) is 11.9 Å². The number of nitrogens with one attached hydrogen (secondary N) is 1. The maximum atomic E-state index is 4.91. The predicted octanol–water partition coefficient (Wildman–Crippen LogP) is 4.12. The van der Waals surface area contributed by atoms with Crippen LogP contribution >= 0.6 is 0 Å². The molecule has 1 N–H and O–H groups in total. The molecule has 3 nitrogen and oxygen atoms in total. The second kappa shape index (κ2) is 5.02. The third-order valence-electron chi connectivity index (χ3n) is 4.19. The van der Waals surface area contributed by atoms with Crippen molar-refractivity contribution in [2.24, 2.45) is 0 Å². The maximum absolute atomic E-state index is 4.91. The molecule has 0 saturated carbocycles. The van der Waals surface area contributed by atoms with E-state index in [1.165, 1.54) is 22.3 Å². The summed E-state index contributed by atoms with van der Waals surface area (Å²) in [7, 11) is 0. The fourth-order valence-corrected chi connectivity index (χ4v) is 3.15. The summed E-state index contributed by atoms with van der Waals surface area (Å²) < 4.78 is 2.05. The Balaban J connectivity index is 1.90. The molecule has 0 saturated heterocycles. The first-order valence-electron chi connectivity index (χ1n) is 7.72. The Labute approximate surface area is 130 Å². The van der Waals surface area contributed by atoms with Gasteiger partial charge in [-0.3, -0.25) is 0 Å². The molecule has 0 atom stereocenters. The second-order valence-corrected chi connectivity index (χ2v) is 5.97. The van der Waals surface area contributed by atoms with Crippen molar-refractivity contribution in [3.8, 4) is 16.9 Å². The molecule has 2 heterocycles. The number of fused-ring (bicyclic) bond motifs is 1. The van der Waals surface area contributed by atoms with Crippen molar-refractivity contribution in [1.29, 1.82) is 0 Å². The number of aromatic nitrogens is 2. The van der Waals surface area contributed by atoms with E-state index in [0.717, 1.165) is 30.2 Å². The smallest absolute Gasteiger partial charge is 0.133 e. The Hall–Kier alpha value is -2.55. The molecule has 0 amide bonds. The molecule has 1 aliphatic rings. The standard InChI is InChI=1S/C19H19N3/c1-13-5-3-7-15(11-13)18-17-9-10-20-19(17)22(21-18)16-8-4-6-14(2)12-16/h3-8,11-12,20H,9-10H2,1-2H3. The van der Waals surface area contributed by atoms with E-state index >= 15 is 0 Å². The molecule has 0 spiro atoms. The summed E-state index contributed by atoms with van der Waals surface area (Å²) in [6, 6.07) is 17.1. The lowest BCUT2D eigenvalue weighted by atomic mass is 10.0. The van der Waals surface area contributed by atoms with Crippen molar-refractivity contribution < 1.29 is 0 Å². The Morgan fingerprint density at radius 2 is 1.77 bits per heavy atom. The summed E-state index contributed by atoms with van der Waals surface area (Å²) in [5, 5.41) is 8.40. The van der Waals surface area contributed by atoms with Crippen LogP contribution in [0.4, 0.5) is 5.82 Å². The van der Waals surface area contributed by atoms with E-state index in [9.17, 15) is 0 Å². The van der Waals surface area contributed by atoms with Gasteiger partial charge in [0.1, 0.15) is 5.82 Å². The predicted molar refractivity (Wildman–Crippen MR) is 90.7 cm³/mol. The molecule has 3 heteroatoms. The molecule has 0 unspecified atom stereocenters. The molecule has 0 fully saturated rings. The average molecular weight is 289 g/mol. The van der Waals surface area contributed by atoms with E-state index in [4.69, 9.17) is 5.10 Å². The minimum atomic E-state index is 0.984. The lowest BCUT2D eigenvalue weighted by Crippen LogP contribution is -2.04. The molecular formula is C19H19N3. The molecule has 2 aromatic carbocycles. The summed E-state index contributed by atoms with van der Waals surface area (Å²) in [5.74, 6) is 1.14. The van der Waals surface area contributed by atoms with Gasteiger partial charge in [-0.25, -0.2) is 4.68 Å². The fourth-order valence-electron chi connectivity index (χ4n) is 3.15. The summed E-state index contributed by atoms with van der Waals surface area (Å²) in [6.07, 6.45) is 1.03. The highest BCUT2D eigenvalue weighted by molar-refractivity contribution is 5.73. The maximum Gasteiger partial charge on any atom is 0.133 e. The van der Waals surface area contributed by atoms with Gasteiger partial charge < -0.3 is 5.32 Å². The van der Waals surface area contributed by atoms with E-state index in [-0.39, 0.29) is 0 Å². The minimum absolute atomic E-state index is 0.984. The largest absolute Gasteiger partial charge is 0.369 e. The molecule has 1 aliphatic heterocycles. The summed E-state index contributed by atoms with van der Waals surface area (Å²) in [6.45, 7) is 5.22. The zero-order valence-electron chi connectivity index (χ0n) is 12.9. The van der Waals surface area contributed by atoms with Crippen LogP contribution in [0.2, 0.25) is 0 Å². The van der Waals surface area contributed by atoms with Crippen molar-refractivity contribution >= 4 is 5.82 Å². The summed E-state index contributed by atoms with van der Waals surface area (Å²) >= 11 is 0. The SMILES string of the molecule is Cc1cccc(-c2nn(-c3cccc(C)c3)c3c2CCN3)c1. The normalized spacial score (nSPS) is 13.0. The number of nitrogens with zero attached hydrogens (tertiary/aromatic N) is 2. The Bertz CT molecular complexity index is 778. The van der Waals surface area contributed by atoms with Gasteiger partial charge >= 0.3 is 0 Å². The van der Waals surface area contributed by atoms with Gasteiger partial charge in [0.15, 0.2) is 0 Å². The van der Waals surface area contributed by atoms with Crippen LogP contribution in [0.1, 0.15) is 16.7 Å². The van der Waals surface area contributed by atoms with E-state index in [0.29, 0.717) is 0 Å². The van der Waals surface area contributed by atoms with Crippen LogP contribution in [-0.2, 0) is 6.42 Å². The summed E-state index contributed by atoms with van der Waals surface area (Å²) in [4.78, 5) is 0. The second-order valence-electron chi connectivity index (χ2n) is 5.97. The lowest BCUT2D eigenvalue weighted by molar-refractivity contribution is 0.881. The first-order chi connectivity index (χ1) is 10.7. The monoisotopic (exact) mass is 289 g/mol. The van der Waals surface area contributed by atoms with Crippen LogP contribution in [0.15, 0.2) is 48.5 Å².